The maximum atomic E-state index is 5.99. The summed E-state index contributed by atoms with van der Waals surface area (Å²) in [5, 5.41) is 19.2. The van der Waals surface area contributed by atoms with Crippen LogP contribution in [0.4, 0.5) is 0 Å². The summed E-state index contributed by atoms with van der Waals surface area (Å²) in [6.45, 7) is 0. The van der Waals surface area contributed by atoms with Gasteiger partial charge in [-0.3, -0.25) is 0 Å². The smallest absolute Gasteiger partial charge is 0.219 e. The maximum absolute atomic E-state index is 5.99. The van der Waals surface area contributed by atoms with Crippen LogP contribution >= 0.6 is 0 Å². The Morgan fingerprint density at radius 1 is 0.939 bits per heavy atom. The average molecular weight is 438 g/mol. The fourth-order valence-electron chi connectivity index (χ4n) is 4.63. The summed E-state index contributed by atoms with van der Waals surface area (Å²) < 4.78 is 7.95. The van der Waals surface area contributed by atoms with Gasteiger partial charge < -0.3 is 4.74 Å². The number of aromatic nitrogens is 8. The molecule has 1 fully saturated rings. The summed E-state index contributed by atoms with van der Waals surface area (Å²) in [5.41, 5.74) is 4.77. The van der Waals surface area contributed by atoms with Gasteiger partial charge in [-0.2, -0.15) is 10.3 Å². The zero-order valence-electron chi connectivity index (χ0n) is 17.9. The van der Waals surface area contributed by atoms with Crippen molar-refractivity contribution in [2.75, 3.05) is 0 Å². The van der Waals surface area contributed by atoms with Crippen LogP contribution < -0.4 is 4.74 Å². The number of benzene rings is 1. The first-order valence-electron chi connectivity index (χ1n) is 11.2. The van der Waals surface area contributed by atoms with Crippen LogP contribution in [0.15, 0.2) is 61.1 Å². The summed E-state index contributed by atoms with van der Waals surface area (Å²) in [5.74, 6) is 2.18. The van der Waals surface area contributed by atoms with Crippen molar-refractivity contribution in [3.05, 3.63) is 66.7 Å². The minimum atomic E-state index is 0.401. The third-order valence-corrected chi connectivity index (χ3v) is 6.15. The Kier molecular flexibility index (Phi) is 4.98. The van der Waals surface area contributed by atoms with Gasteiger partial charge in [-0.15, -0.1) is 10.2 Å². The van der Waals surface area contributed by atoms with Crippen LogP contribution in [-0.2, 0) is 0 Å². The van der Waals surface area contributed by atoms with Crippen LogP contribution in [0.2, 0.25) is 0 Å². The molecule has 1 aromatic carbocycles. The second-order valence-electron chi connectivity index (χ2n) is 8.22. The Labute approximate surface area is 189 Å². The number of nitrogens with one attached hydrogen (secondary N) is 1. The molecule has 0 saturated heterocycles. The maximum Gasteiger partial charge on any atom is 0.219 e. The third kappa shape index (κ3) is 3.71. The second kappa shape index (κ2) is 8.42. The summed E-state index contributed by atoms with van der Waals surface area (Å²) in [6.07, 6.45) is 11.4. The third-order valence-electron chi connectivity index (χ3n) is 6.15. The molecule has 4 heterocycles. The van der Waals surface area contributed by atoms with E-state index in [0.717, 1.165) is 40.9 Å². The molecule has 0 radical (unpaired) electrons. The van der Waals surface area contributed by atoms with Crippen LogP contribution in [0.1, 0.15) is 43.7 Å². The van der Waals surface area contributed by atoms with Gasteiger partial charge in [0.2, 0.25) is 11.7 Å². The number of fused-ring (bicyclic) bond motifs is 1. The van der Waals surface area contributed by atoms with Gasteiger partial charge in [0.1, 0.15) is 5.75 Å². The van der Waals surface area contributed by atoms with Crippen LogP contribution in [0, 0.1) is 0 Å². The lowest BCUT2D eigenvalue weighted by Gasteiger charge is -2.25. The first kappa shape index (κ1) is 19.5. The van der Waals surface area contributed by atoms with E-state index in [1.54, 1.807) is 12.4 Å². The molecule has 5 aromatic rings. The molecule has 0 unspecified atom stereocenters. The Morgan fingerprint density at radius 3 is 2.70 bits per heavy atom. The van der Waals surface area contributed by atoms with E-state index in [1.807, 2.05) is 47.1 Å². The molecule has 0 spiro atoms. The lowest BCUT2D eigenvalue weighted by Crippen LogP contribution is -2.12. The number of aromatic amines is 1. The van der Waals surface area contributed by atoms with Gasteiger partial charge >= 0.3 is 0 Å². The van der Waals surface area contributed by atoms with Gasteiger partial charge in [-0.25, -0.2) is 14.5 Å². The SMILES string of the molecule is c1ccc(Oc2cccc(-c3cnc4c(-c5nn[nH]n5)cnn4c3C3CCCCC3)c2)nc1. The predicted molar refractivity (Wildman–Crippen MR) is 122 cm³/mol. The quantitative estimate of drug-likeness (QED) is 0.419. The number of H-pyrrole nitrogens is 1. The van der Waals surface area contributed by atoms with E-state index in [9.17, 15) is 0 Å². The molecule has 9 heteroatoms. The van der Waals surface area contributed by atoms with Crippen molar-refractivity contribution < 1.29 is 4.74 Å². The van der Waals surface area contributed by atoms with E-state index < -0.39 is 0 Å². The van der Waals surface area contributed by atoms with Gasteiger partial charge in [-0.1, -0.05) is 37.5 Å². The largest absolute Gasteiger partial charge is 0.439 e. The molecule has 1 aliphatic carbocycles. The van der Waals surface area contributed by atoms with E-state index >= 15 is 0 Å². The van der Waals surface area contributed by atoms with Crippen LogP contribution in [0.25, 0.3) is 28.2 Å². The first-order chi connectivity index (χ1) is 16.4. The Bertz CT molecular complexity index is 1370. The number of nitrogens with zero attached hydrogens (tertiary/aromatic N) is 7. The lowest BCUT2D eigenvalue weighted by atomic mass is 9.84. The fraction of sp³-hybridized carbons (Fsp3) is 0.250. The standard InChI is InChI=1S/C24H22N8O/c1-2-7-16(8-3-1)22-19(14-26-24-20(15-27-32(22)24)23-28-30-31-29-23)17-9-6-10-18(13-17)33-21-11-4-5-12-25-21/h4-6,9-16H,1-3,7-8H2,(H,28,29,30,31). The summed E-state index contributed by atoms with van der Waals surface area (Å²) in [7, 11) is 0. The lowest BCUT2D eigenvalue weighted by molar-refractivity contribution is 0.431. The topological polar surface area (TPSA) is 107 Å². The van der Waals surface area contributed by atoms with Crippen molar-refractivity contribution in [2.45, 2.75) is 38.0 Å². The monoisotopic (exact) mass is 438 g/mol. The van der Waals surface area contributed by atoms with E-state index in [1.165, 1.54) is 25.0 Å². The van der Waals surface area contributed by atoms with Gasteiger partial charge in [0.05, 0.1) is 17.5 Å². The Hall–Kier alpha value is -4.14. The number of ether oxygens (including phenoxy) is 1. The molecule has 0 bridgehead atoms. The molecule has 0 atom stereocenters. The molecule has 0 amide bonds. The highest BCUT2D eigenvalue weighted by atomic mass is 16.5. The highest BCUT2D eigenvalue weighted by molar-refractivity contribution is 5.75. The van der Waals surface area contributed by atoms with Crippen molar-refractivity contribution >= 4 is 5.65 Å². The number of hydrogen-bond donors (Lipinski definition) is 1. The summed E-state index contributed by atoms with van der Waals surface area (Å²) in [6, 6.07) is 13.7. The number of rotatable bonds is 5. The molecular formula is C24H22N8O. The predicted octanol–water partition coefficient (Wildman–Crippen LogP) is 4.81. The van der Waals surface area contributed by atoms with Crippen LogP contribution in [0.3, 0.4) is 0 Å². The van der Waals surface area contributed by atoms with E-state index in [0.29, 0.717) is 17.6 Å². The van der Waals surface area contributed by atoms with Crippen molar-refractivity contribution in [3.8, 4) is 34.1 Å². The van der Waals surface area contributed by atoms with Crippen molar-refractivity contribution in [1.29, 1.82) is 0 Å². The molecule has 6 rings (SSSR count). The first-order valence-corrected chi connectivity index (χ1v) is 11.2. The number of tetrazole rings is 1. The fourth-order valence-corrected chi connectivity index (χ4v) is 4.63. The average Bonchev–Trinajstić information content (AvgIpc) is 3.55. The van der Waals surface area contributed by atoms with Gasteiger partial charge in [0.25, 0.3) is 0 Å². The van der Waals surface area contributed by atoms with E-state index in [2.05, 4.69) is 31.7 Å². The molecule has 1 N–H and O–H groups in total. The summed E-state index contributed by atoms with van der Waals surface area (Å²) >= 11 is 0. The summed E-state index contributed by atoms with van der Waals surface area (Å²) in [4.78, 5) is 9.04. The molecule has 33 heavy (non-hydrogen) atoms. The highest BCUT2D eigenvalue weighted by Gasteiger charge is 2.25. The zero-order valence-corrected chi connectivity index (χ0v) is 17.9. The van der Waals surface area contributed by atoms with Gasteiger partial charge in [-0.05, 0) is 41.8 Å². The molecule has 9 nitrogen and oxygen atoms in total. The highest BCUT2D eigenvalue weighted by Crippen LogP contribution is 2.39. The van der Waals surface area contributed by atoms with Gasteiger partial charge in [0, 0.05) is 29.9 Å². The molecular weight excluding hydrogens is 416 g/mol. The van der Waals surface area contributed by atoms with Crippen molar-refractivity contribution in [1.82, 2.24) is 40.2 Å². The van der Waals surface area contributed by atoms with Crippen molar-refractivity contribution in [3.63, 3.8) is 0 Å². The van der Waals surface area contributed by atoms with Crippen LogP contribution in [0.5, 0.6) is 11.6 Å². The Morgan fingerprint density at radius 2 is 1.88 bits per heavy atom. The van der Waals surface area contributed by atoms with E-state index in [-0.39, 0.29) is 0 Å². The molecule has 164 valence electrons. The molecule has 0 aliphatic heterocycles. The van der Waals surface area contributed by atoms with E-state index in [4.69, 9.17) is 14.8 Å². The molecule has 1 aliphatic rings. The number of pyridine rings is 1. The minimum Gasteiger partial charge on any atom is -0.439 e. The van der Waals surface area contributed by atoms with Gasteiger partial charge in [0.15, 0.2) is 5.65 Å². The number of hydrogen-bond acceptors (Lipinski definition) is 7. The van der Waals surface area contributed by atoms with Crippen molar-refractivity contribution in [2.24, 2.45) is 0 Å². The normalized spacial score (nSPS) is 14.5. The minimum absolute atomic E-state index is 0.401. The Balaban J connectivity index is 1.47. The molecule has 1 saturated carbocycles. The zero-order chi connectivity index (χ0) is 22.0. The molecule has 4 aromatic heterocycles. The van der Waals surface area contributed by atoms with Crippen LogP contribution in [-0.4, -0.2) is 40.2 Å². The second-order valence-corrected chi connectivity index (χ2v) is 8.22.